The first-order chi connectivity index (χ1) is 0. The zero-order chi connectivity index (χ0) is 0. The van der Waals surface area contributed by atoms with Crippen LogP contribution in [0.5, 0.6) is 0 Å². The van der Waals surface area contributed by atoms with Crippen LogP contribution in [0.25, 0.3) is 0 Å². The molecule has 0 aliphatic rings. The van der Waals surface area contributed by atoms with Crippen LogP contribution in [0.1, 0.15) is 0 Å². The fourth-order valence-corrected chi connectivity index (χ4v) is 0. The predicted molar refractivity (Wildman–Crippen MR) is 14.3 cm³/mol. The van der Waals surface area contributed by atoms with Gasteiger partial charge in [-0.2, -0.15) is 0 Å². The molecule has 0 aromatic rings. The topological polar surface area (TPSA) is 114 Å². The van der Waals surface area contributed by atoms with Gasteiger partial charge >= 0.3 is 76.2 Å². The van der Waals surface area contributed by atoms with Crippen LogP contribution in [-0.2, 0) is 40.5 Å². The predicted octanol–water partition coefficient (Wildman–Crippen LogP) is -1.24. The molecule has 7 heteroatoms. The molecule has 0 heterocycles. The van der Waals surface area contributed by atoms with Crippen molar-refractivity contribution >= 4 is 76.2 Å². The van der Waals surface area contributed by atoms with Gasteiger partial charge < -0.3 is 21.9 Å². The van der Waals surface area contributed by atoms with Crippen LogP contribution in [0.15, 0.2) is 0 Å². The largest absolute Gasteiger partial charge is 3.00 e. The fourth-order valence-electron chi connectivity index (χ4n) is 0. The third-order valence-corrected chi connectivity index (χ3v) is 0. The van der Waals surface area contributed by atoms with E-state index in [-0.39, 0.29) is 117 Å². The first kappa shape index (κ1) is 92.6. The van der Waals surface area contributed by atoms with E-state index in [9.17, 15) is 0 Å². The van der Waals surface area contributed by atoms with Crippen molar-refractivity contribution in [3.8, 4) is 0 Å². The Morgan fingerprint density at radius 3 is 0.571 bits per heavy atom. The molecule has 0 aromatic heterocycles. The molecule has 4 nitrogen and oxygen atoms in total. The molecule has 1 radical (unpaired) electrons. The summed E-state index contributed by atoms with van der Waals surface area (Å²) in [5.74, 6) is 0. The van der Waals surface area contributed by atoms with E-state index in [0.717, 1.165) is 0 Å². The maximum absolute atomic E-state index is 0. The van der Waals surface area contributed by atoms with Crippen molar-refractivity contribution in [3.63, 3.8) is 0 Å². The molecule has 0 fully saturated rings. The van der Waals surface area contributed by atoms with Gasteiger partial charge in [0.1, 0.15) is 0 Å². The Kier molecular flexibility index (Phi) is 869. The molecule has 0 unspecified atom stereocenters. The Labute approximate surface area is 114 Å². The molecular formula is BaO4TlV-3. The molecule has 0 saturated carbocycles. The van der Waals surface area contributed by atoms with Gasteiger partial charge in [-0.05, 0) is 0 Å². The summed E-state index contributed by atoms with van der Waals surface area (Å²) in [5.41, 5.74) is 0. The summed E-state index contributed by atoms with van der Waals surface area (Å²) in [4.78, 5) is 0. The van der Waals surface area contributed by atoms with Crippen molar-refractivity contribution in [1.29, 1.82) is 0 Å². The van der Waals surface area contributed by atoms with E-state index in [0.29, 0.717) is 0 Å². The molecule has 0 amide bonds. The third kappa shape index (κ3) is 50.1. The van der Waals surface area contributed by atoms with Crippen LogP contribution >= 0.6 is 0 Å². The minimum absolute atomic E-state index is 0. The Hall–Kier alpha value is 2.92. The number of hydrogen-bond donors (Lipinski definition) is 0. The Morgan fingerprint density at radius 1 is 0.571 bits per heavy atom. The van der Waals surface area contributed by atoms with E-state index in [1.807, 2.05) is 0 Å². The summed E-state index contributed by atoms with van der Waals surface area (Å²) in [6.45, 7) is 0. The van der Waals surface area contributed by atoms with E-state index in [4.69, 9.17) is 0 Å². The van der Waals surface area contributed by atoms with Gasteiger partial charge in [0.05, 0.1) is 0 Å². The molecular weight excluding hydrogens is 457 g/mol. The summed E-state index contributed by atoms with van der Waals surface area (Å²) in [5, 5.41) is 0. The summed E-state index contributed by atoms with van der Waals surface area (Å²) >= 11 is 0. The van der Waals surface area contributed by atoms with Crippen LogP contribution in [0.2, 0.25) is 0 Å². The van der Waals surface area contributed by atoms with Crippen LogP contribution in [0.4, 0.5) is 0 Å². The molecule has 0 bridgehead atoms. The first-order valence-electron chi connectivity index (χ1n) is 0. The SMILES string of the molecule is [Ba+2].[O-2].[O-2].[O-2].[O-2].[Tl+3].[V]. The quantitative estimate of drug-likeness (QED) is 0.406. The smallest absolute Gasteiger partial charge is 2.00 e. The molecule has 7 heavy (non-hydrogen) atoms. The van der Waals surface area contributed by atoms with Crippen molar-refractivity contribution in [1.82, 2.24) is 0 Å². The number of rotatable bonds is 0. The molecule has 0 aliphatic carbocycles. The minimum atomic E-state index is 0. The van der Waals surface area contributed by atoms with Crippen LogP contribution in [-0.4, -0.2) is 76.2 Å². The average molecular weight is 457 g/mol. The second-order valence-corrected chi connectivity index (χ2v) is 0. The van der Waals surface area contributed by atoms with E-state index in [1.165, 1.54) is 0 Å². The van der Waals surface area contributed by atoms with Gasteiger partial charge in [-0.1, -0.05) is 0 Å². The summed E-state index contributed by atoms with van der Waals surface area (Å²) in [6, 6.07) is 0. The first-order valence-corrected chi connectivity index (χ1v) is 0. The standard InChI is InChI=1S/Ba.4O.Tl.V/q+2;4*-2;+3;. The van der Waals surface area contributed by atoms with E-state index < -0.39 is 0 Å². The van der Waals surface area contributed by atoms with Crippen molar-refractivity contribution in [2.75, 3.05) is 0 Å². The van der Waals surface area contributed by atoms with Gasteiger partial charge in [0.2, 0.25) is 0 Å². The third-order valence-electron chi connectivity index (χ3n) is 0. The van der Waals surface area contributed by atoms with Gasteiger partial charge in [-0.3, -0.25) is 0 Å². The fraction of sp³-hybridized carbons (Fsp3) is 0. The normalized spacial score (nSPS) is 0. The average Bonchev–Trinajstić information content (AvgIpc) is 0. The van der Waals surface area contributed by atoms with Gasteiger partial charge in [0, 0.05) is 18.6 Å². The molecule has 0 rings (SSSR count). The van der Waals surface area contributed by atoms with Gasteiger partial charge in [-0.25, -0.2) is 0 Å². The zero-order valence-corrected chi connectivity index (χ0v) is 13.7. The van der Waals surface area contributed by atoms with E-state index in [1.54, 1.807) is 0 Å². The molecule has 0 atom stereocenters. The van der Waals surface area contributed by atoms with Gasteiger partial charge in [-0.15, -0.1) is 0 Å². The van der Waals surface area contributed by atoms with Crippen molar-refractivity contribution in [2.45, 2.75) is 0 Å². The Balaban J connectivity index is 0. The molecule has 0 aliphatic heterocycles. The van der Waals surface area contributed by atoms with Crippen LogP contribution in [0.3, 0.4) is 0 Å². The van der Waals surface area contributed by atoms with Crippen molar-refractivity contribution in [3.05, 3.63) is 0 Å². The number of hydrogen-bond acceptors (Lipinski definition) is 0. The molecule has 0 N–H and O–H groups in total. The monoisotopic (exact) mass is 458 g/mol. The van der Waals surface area contributed by atoms with E-state index in [2.05, 4.69) is 0 Å². The molecule has 0 spiro atoms. The molecule has 0 saturated heterocycles. The second kappa shape index (κ2) is 65.7. The maximum Gasteiger partial charge on any atom is 3.00 e. The van der Waals surface area contributed by atoms with Crippen LogP contribution in [0, 0.1) is 0 Å². The van der Waals surface area contributed by atoms with Crippen LogP contribution < -0.4 is 0 Å². The summed E-state index contributed by atoms with van der Waals surface area (Å²) < 4.78 is 0. The Bertz CT molecular complexity index is 11.7. The zero-order valence-electron chi connectivity index (χ0n) is 3.36. The van der Waals surface area contributed by atoms with Gasteiger partial charge in [0.25, 0.3) is 0 Å². The summed E-state index contributed by atoms with van der Waals surface area (Å²) in [7, 11) is 0. The molecule has 0 aromatic carbocycles. The van der Waals surface area contributed by atoms with E-state index >= 15 is 0 Å². The minimum Gasteiger partial charge on any atom is -2.00 e. The van der Waals surface area contributed by atoms with Crippen molar-refractivity contribution in [2.24, 2.45) is 0 Å². The maximum atomic E-state index is 0. The summed E-state index contributed by atoms with van der Waals surface area (Å²) in [6.07, 6.45) is 0. The van der Waals surface area contributed by atoms with Crippen molar-refractivity contribution < 1.29 is 40.5 Å². The molecule has 37 valence electrons. The van der Waals surface area contributed by atoms with Gasteiger partial charge in [0.15, 0.2) is 0 Å². The Morgan fingerprint density at radius 2 is 0.571 bits per heavy atom. The second-order valence-electron chi connectivity index (χ2n) is 0.